The zero-order valence-corrected chi connectivity index (χ0v) is 13.8. The highest BCUT2D eigenvalue weighted by Gasteiger charge is 1.96. The molecule has 0 saturated heterocycles. The van der Waals surface area contributed by atoms with Gasteiger partial charge >= 0.3 is 0 Å². The van der Waals surface area contributed by atoms with Crippen LogP contribution in [0.25, 0.3) is 0 Å². The van der Waals surface area contributed by atoms with Gasteiger partial charge in [0.05, 0.1) is 8.95 Å². The highest BCUT2D eigenvalue weighted by Crippen LogP contribution is 2.19. The molecule has 0 saturated carbocycles. The molecule has 0 radical (unpaired) electrons. The van der Waals surface area contributed by atoms with Crippen LogP contribution in [0.1, 0.15) is 0 Å². The zero-order valence-electron chi connectivity index (χ0n) is 8.87. The molecule has 0 nitrogen and oxygen atoms in total. The van der Waals surface area contributed by atoms with Gasteiger partial charge < -0.3 is 0 Å². The summed E-state index contributed by atoms with van der Waals surface area (Å²) in [4.78, 5) is 1.51. The van der Waals surface area contributed by atoms with Crippen LogP contribution in [0.3, 0.4) is 0 Å². The van der Waals surface area contributed by atoms with E-state index in [1.54, 1.807) is 24.3 Å². The van der Waals surface area contributed by atoms with E-state index in [9.17, 15) is 8.78 Å². The predicted octanol–water partition coefficient (Wildman–Crippen LogP) is 5.75. The predicted molar refractivity (Wildman–Crippen MR) is 82.7 cm³/mol. The molecule has 0 fully saturated rings. The minimum atomic E-state index is -0.257. The maximum atomic E-state index is 12.4. The maximum absolute atomic E-state index is 12.4. The van der Waals surface area contributed by atoms with E-state index in [1.807, 2.05) is 0 Å². The van der Waals surface area contributed by atoms with Crippen molar-refractivity contribution in [3.8, 4) is 0 Å². The molecule has 0 bridgehead atoms. The first-order chi connectivity index (χ1) is 8.40. The van der Waals surface area contributed by atoms with Crippen LogP contribution >= 0.6 is 57.1 Å². The number of rotatable bonds is 0. The molecule has 0 N–H and O–H groups in total. The summed E-state index contributed by atoms with van der Waals surface area (Å²) < 4.78 is 25.7. The lowest BCUT2D eigenvalue weighted by atomic mass is 10.3. The van der Waals surface area contributed by atoms with Crippen molar-refractivity contribution in [3.05, 3.63) is 57.0 Å². The Kier molecular flexibility index (Phi) is 6.70. The Bertz CT molecular complexity index is 498. The first-order valence-corrected chi connectivity index (χ1v) is 7.16. The number of hydrogen-bond donors (Lipinski definition) is 2. The second-order valence-electron chi connectivity index (χ2n) is 3.20. The third-order valence-corrected chi connectivity index (χ3v) is 3.58. The van der Waals surface area contributed by atoms with Crippen molar-refractivity contribution in [1.82, 2.24) is 0 Å². The fourth-order valence-electron chi connectivity index (χ4n) is 0.970. The Morgan fingerprint density at radius 3 is 1.28 bits per heavy atom. The average Bonchev–Trinajstić information content (AvgIpc) is 2.30. The van der Waals surface area contributed by atoms with Gasteiger partial charge in [0, 0.05) is 9.79 Å². The highest BCUT2D eigenvalue weighted by atomic mass is 79.9. The highest BCUT2D eigenvalue weighted by molar-refractivity contribution is 9.10. The molecule has 96 valence electrons. The van der Waals surface area contributed by atoms with Crippen molar-refractivity contribution in [1.29, 1.82) is 0 Å². The molecule has 0 aliphatic heterocycles. The van der Waals surface area contributed by atoms with Crippen LogP contribution < -0.4 is 0 Å². The van der Waals surface area contributed by atoms with Crippen molar-refractivity contribution in [3.63, 3.8) is 0 Å². The molecule has 0 aliphatic rings. The van der Waals surface area contributed by atoms with Crippen LogP contribution in [-0.4, -0.2) is 0 Å². The van der Waals surface area contributed by atoms with Gasteiger partial charge in [-0.3, -0.25) is 0 Å². The topological polar surface area (TPSA) is 0 Å². The quantitative estimate of drug-likeness (QED) is 0.504. The van der Waals surface area contributed by atoms with E-state index < -0.39 is 0 Å². The molecule has 2 aromatic carbocycles. The summed E-state index contributed by atoms with van der Waals surface area (Å²) in [5, 5.41) is 0. The van der Waals surface area contributed by atoms with Gasteiger partial charge in [0.15, 0.2) is 0 Å². The Balaban J connectivity index is 0.000000180. The number of thiol groups is 2. The van der Waals surface area contributed by atoms with E-state index in [2.05, 4.69) is 57.1 Å². The summed E-state index contributed by atoms with van der Waals surface area (Å²) in [5.74, 6) is -0.513. The third-order valence-electron chi connectivity index (χ3n) is 1.81. The van der Waals surface area contributed by atoms with Gasteiger partial charge in [-0.2, -0.15) is 0 Å². The lowest BCUT2D eigenvalue weighted by Crippen LogP contribution is -1.74. The Morgan fingerprint density at radius 2 is 1.06 bits per heavy atom. The van der Waals surface area contributed by atoms with E-state index in [4.69, 9.17) is 0 Å². The van der Waals surface area contributed by atoms with E-state index >= 15 is 0 Å². The van der Waals surface area contributed by atoms with Crippen LogP contribution in [0.15, 0.2) is 55.1 Å². The van der Waals surface area contributed by atoms with Crippen LogP contribution in [0, 0.1) is 11.6 Å². The van der Waals surface area contributed by atoms with Crippen LogP contribution in [0.5, 0.6) is 0 Å². The molecule has 0 heterocycles. The molecule has 6 heteroatoms. The lowest BCUT2D eigenvalue weighted by Gasteiger charge is -1.92. The maximum Gasteiger partial charge on any atom is 0.137 e. The smallest absolute Gasteiger partial charge is 0.137 e. The third kappa shape index (κ3) is 5.30. The molecule has 0 amide bonds. The number of benzene rings is 2. The lowest BCUT2D eigenvalue weighted by molar-refractivity contribution is 0.619. The zero-order chi connectivity index (χ0) is 13.7. The van der Waals surface area contributed by atoms with Crippen molar-refractivity contribution in [2.75, 3.05) is 0 Å². The Labute approximate surface area is 132 Å². The van der Waals surface area contributed by atoms with Gasteiger partial charge in [-0.1, -0.05) is 0 Å². The van der Waals surface area contributed by atoms with Gasteiger partial charge in [-0.15, -0.1) is 25.3 Å². The van der Waals surface area contributed by atoms with Crippen molar-refractivity contribution >= 4 is 57.1 Å². The molecular weight excluding hydrogens is 406 g/mol. The number of halogens is 4. The Hall–Kier alpha value is -0.0400. The standard InChI is InChI=1S/2C6H4BrFS/c2*7-5-3-4(9)1-2-6(5)8/h2*1-3,9H. The molecule has 18 heavy (non-hydrogen) atoms. The van der Waals surface area contributed by atoms with Crippen LogP contribution in [-0.2, 0) is 0 Å². The number of hydrogen-bond acceptors (Lipinski definition) is 2. The summed E-state index contributed by atoms with van der Waals surface area (Å²) in [5.41, 5.74) is 0. The van der Waals surface area contributed by atoms with Gasteiger partial charge in [0.1, 0.15) is 11.6 Å². The normalized spacial score (nSPS) is 9.67. The fraction of sp³-hybridized carbons (Fsp3) is 0. The van der Waals surface area contributed by atoms with E-state index in [1.165, 1.54) is 12.1 Å². The SMILES string of the molecule is Fc1ccc(S)cc1Br.Fc1ccc(S)cc1Br. The summed E-state index contributed by atoms with van der Waals surface area (Å²) in [6.07, 6.45) is 0. The van der Waals surface area contributed by atoms with Gasteiger partial charge in [-0.05, 0) is 68.3 Å². The molecule has 2 aromatic rings. The van der Waals surface area contributed by atoms with Gasteiger partial charge in [0.2, 0.25) is 0 Å². The van der Waals surface area contributed by atoms with Crippen LogP contribution in [0.4, 0.5) is 8.78 Å². The average molecular weight is 414 g/mol. The summed E-state index contributed by atoms with van der Waals surface area (Å²) in [6.45, 7) is 0. The van der Waals surface area contributed by atoms with Crippen molar-refractivity contribution in [2.24, 2.45) is 0 Å². The minimum absolute atomic E-state index is 0.257. The van der Waals surface area contributed by atoms with Crippen LogP contribution in [0.2, 0.25) is 0 Å². The summed E-state index contributed by atoms with van der Waals surface area (Å²) in [7, 11) is 0. The van der Waals surface area contributed by atoms with Gasteiger partial charge in [0.25, 0.3) is 0 Å². The van der Waals surface area contributed by atoms with E-state index in [-0.39, 0.29) is 11.6 Å². The Morgan fingerprint density at radius 1 is 0.722 bits per heavy atom. The largest absolute Gasteiger partial charge is 0.206 e. The van der Waals surface area contributed by atoms with Crippen molar-refractivity contribution < 1.29 is 8.78 Å². The van der Waals surface area contributed by atoms with E-state index in [0.717, 1.165) is 9.79 Å². The molecular formula is C12H8Br2F2S2. The molecule has 0 spiro atoms. The fourth-order valence-corrected chi connectivity index (χ4v) is 2.49. The first-order valence-electron chi connectivity index (χ1n) is 4.68. The molecule has 0 aromatic heterocycles. The minimum Gasteiger partial charge on any atom is -0.206 e. The molecule has 0 unspecified atom stereocenters. The molecule has 0 aliphatic carbocycles. The van der Waals surface area contributed by atoms with E-state index in [0.29, 0.717) is 8.95 Å². The second kappa shape index (κ2) is 7.53. The summed E-state index contributed by atoms with van der Waals surface area (Å²) >= 11 is 14.1. The first kappa shape index (κ1) is 16.0. The monoisotopic (exact) mass is 412 g/mol. The van der Waals surface area contributed by atoms with Crippen molar-refractivity contribution in [2.45, 2.75) is 9.79 Å². The second-order valence-corrected chi connectivity index (χ2v) is 5.94. The molecule has 0 atom stereocenters. The van der Waals surface area contributed by atoms with Gasteiger partial charge in [-0.25, -0.2) is 8.78 Å². The summed E-state index contributed by atoms with van der Waals surface area (Å²) in [6, 6.07) is 9.15. The molecule has 2 rings (SSSR count).